The van der Waals surface area contributed by atoms with Gasteiger partial charge in [0.25, 0.3) is 0 Å². The molecule has 1 fully saturated rings. The van der Waals surface area contributed by atoms with Gasteiger partial charge in [-0.2, -0.15) is 0 Å². The molecule has 0 nitrogen and oxygen atoms in total. The van der Waals surface area contributed by atoms with Gasteiger partial charge >= 0.3 is 0 Å². The van der Waals surface area contributed by atoms with Crippen molar-refractivity contribution in [1.29, 1.82) is 0 Å². The van der Waals surface area contributed by atoms with Crippen LogP contribution in [-0.2, 0) is 0 Å². The summed E-state index contributed by atoms with van der Waals surface area (Å²) >= 11 is 0. The first-order valence-electron chi connectivity index (χ1n) is 5.82. The summed E-state index contributed by atoms with van der Waals surface area (Å²) in [6.45, 7) is 11.7. The Kier molecular flexibility index (Phi) is 8.31. The monoisotopic (exact) mass is 192 g/mol. The van der Waals surface area contributed by atoms with Gasteiger partial charge in [0.05, 0.1) is 0 Å². The maximum Gasteiger partial charge on any atom is -0.0168 e. The second kappa shape index (κ2) is 8.80. The fourth-order valence-electron chi connectivity index (χ4n) is 1.80. The minimum atomic E-state index is 0.745. The molecular weight excluding hydrogens is 168 g/mol. The lowest BCUT2D eigenvalue weighted by Gasteiger charge is -2.21. The Balaban J connectivity index is 0.000000791. The molecule has 0 amide bonds. The molecule has 0 atom stereocenters. The Morgan fingerprint density at radius 3 is 2.21 bits per heavy atom. The van der Waals surface area contributed by atoms with Gasteiger partial charge in [-0.05, 0) is 18.8 Å². The van der Waals surface area contributed by atoms with E-state index < -0.39 is 0 Å². The van der Waals surface area contributed by atoms with Gasteiger partial charge in [-0.1, -0.05) is 70.1 Å². The Hall–Kier alpha value is -0.780. The smallest absolute Gasteiger partial charge is 0.0168 e. The molecule has 0 aromatic carbocycles. The zero-order chi connectivity index (χ0) is 10.8. The zero-order valence-electron chi connectivity index (χ0n) is 9.76. The van der Waals surface area contributed by atoms with Crippen molar-refractivity contribution in [3.8, 4) is 0 Å². The van der Waals surface area contributed by atoms with Gasteiger partial charge in [0.1, 0.15) is 0 Å². The minimum Gasteiger partial charge on any atom is -0.0991 e. The van der Waals surface area contributed by atoms with Crippen LogP contribution in [0.1, 0.15) is 46.0 Å². The van der Waals surface area contributed by atoms with Crippen molar-refractivity contribution in [2.45, 2.75) is 46.0 Å². The summed E-state index contributed by atoms with van der Waals surface area (Å²) < 4.78 is 0. The van der Waals surface area contributed by atoms with Gasteiger partial charge < -0.3 is 0 Å². The second-order valence-corrected chi connectivity index (χ2v) is 3.50. The SMILES string of the molecule is C=C/C=C\C(=C)C1CCCCC1.CC. The van der Waals surface area contributed by atoms with E-state index in [1.165, 1.54) is 37.7 Å². The Morgan fingerprint density at radius 1 is 1.14 bits per heavy atom. The van der Waals surface area contributed by atoms with E-state index in [1.54, 1.807) is 0 Å². The first-order chi connectivity index (χ1) is 6.84. The normalized spacial score (nSPS) is 17.3. The Morgan fingerprint density at radius 2 is 1.71 bits per heavy atom. The molecule has 1 rings (SSSR count). The molecule has 14 heavy (non-hydrogen) atoms. The average molecular weight is 192 g/mol. The van der Waals surface area contributed by atoms with Crippen LogP contribution in [0.2, 0.25) is 0 Å². The summed E-state index contributed by atoms with van der Waals surface area (Å²) in [5.41, 5.74) is 1.29. The van der Waals surface area contributed by atoms with E-state index in [1.807, 2.05) is 26.0 Å². The molecule has 0 saturated heterocycles. The highest BCUT2D eigenvalue weighted by molar-refractivity contribution is 5.21. The third kappa shape index (κ3) is 5.06. The summed E-state index contributed by atoms with van der Waals surface area (Å²) in [5.74, 6) is 0.745. The molecule has 1 saturated carbocycles. The number of hydrogen-bond acceptors (Lipinski definition) is 0. The molecule has 80 valence electrons. The van der Waals surface area contributed by atoms with E-state index in [0.29, 0.717) is 0 Å². The van der Waals surface area contributed by atoms with E-state index in [0.717, 1.165) is 5.92 Å². The van der Waals surface area contributed by atoms with Gasteiger partial charge in [0, 0.05) is 0 Å². The lowest BCUT2D eigenvalue weighted by Crippen LogP contribution is -2.06. The maximum atomic E-state index is 4.08. The van der Waals surface area contributed by atoms with Crippen molar-refractivity contribution in [2.24, 2.45) is 5.92 Å². The van der Waals surface area contributed by atoms with Gasteiger partial charge in [-0.15, -0.1) is 0 Å². The number of allylic oxidation sites excluding steroid dienone is 4. The largest absolute Gasteiger partial charge is 0.0991 e. The highest BCUT2D eigenvalue weighted by atomic mass is 14.2. The van der Waals surface area contributed by atoms with Crippen LogP contribution in [-0.4, -0.2) is 0 Å². The molecule has 0 bridgehead atoms. The van der Waals surface area contributed by atoms with E-state index in [-0.39, 0.29) is 0 Å². The van der Waals surface area contributed by atoms with E-state index >= 15 is 0 Å². The van der Waals surface area contributed by atoms with Gasteiger partial charge in [0.2, 0.25) is 0 Å². The van der Waals surface area contributed by atoms with Crippen LogP contribution in [0.3, 0.4) is 0 Å². The van der Waals surface area contributed by atoms with E-state index in [9.17, 15) is 0 Å². The predicted molar refractivity (Wildman–Crippen MR) is 66.4 cm³/mol. The van der Waals surface area contributed by atoms with Crippen LogP contribution in [0, 0.1) is 5.92 Å². The van der Waals surface area contributed by atoms with Gasteiger partial charge in [0.15, 0.2) is 0 Å². The highest BCUT2D eigenvalue weighted by Gasteiger charge is 2.13. The summed E-state index contributed by atoms with van der Waals surface area (Å²) in [4.78, 5) is 0. The molecule has 0 aromatic heterocycles. The van der Waals surface area contributed by atoms with Crippen LogP contribution in [0.4, 0.5) is 0 Å². The lowest BCUT2D eigenvalue weighted by atomic mass is 9.84. The van der Waals surface area contributed by atoms with Crippen molar-refractivity contribution in [2.75, 3.05) is 0 Å². The molecule has 0 unspecified atom stereocenters. The van der Waals surface area contributed by atoms with E-state index in [2.05, 4.69) is 19.2 Å². The van der Waals surface area contributed by atoms with Crippen LogP contribution in [0.5, 0.6) is 0 Å². The van der Waals surface area contributed by atoms with Gasteiger partial charge in [-0.3, -0.25) is 0 Å². The maximum absolute atomic E-state index is 4.08. The van der Waals surface area contributed by atoms with Crippen molar-refractivity contribution < 1.29 is 0 Å². The predicted octanol–water partition coefficient (Wildman–Crippen LogP) is 4.89. The fraction of sp³-hybridized carbons (Fsp3) is 0.571. The summed E-state index contributed by atoms with van der Waals surface area (Å²) in [7, 11) is 0. The molecule has 0 N–H and O–H groups in total. The molecule has 0 aliphatic heterocycles. The standard InChI is InChI=1S/C12H18.C2H6/c1-3-4-8-11(2)12-9-6-5-7-10-12;1-2/h3-4,8,12H,1-2,5-7,9-10H2;1-2H3/b8-4-;. The molecule has 1 aliphatic carbocycles. The molecule has 0 heteroatoms. The van der Waals surface area contributed by atoms with Crippen LogP contribution >= 0.6 is 0 Å². The van der Waals surface area contributed by atoms with Gasteiger partial charge in [-0.25, -0.2) is 0 Å². The molecule has 0 aromatic rings. The van der Waals surface area contributed by atoms with Crippen LogP contribution < -0.4 is 0 Å². The fourth-order valence-corrected chi connectivity index (χ4v) is 1.80. The zero-order valence-corrected chi connectivity index (χ0v) is 9.76. The third-order valence-corrected chi connectivity index (χ3v) is 2.58. The topological polar surface area (TPSA) is 0 Å². The van der Waals surface area contributed by atoms with Crippen molar-refractivity contribution in [3.05, 3.63) is 37.0 Å². The first-order valence-corrected chi connectivity index (χ1v) is 5.82. The van der Waals surface area contributed by atoms with Crippen molar-refractivity contribution in [1.82, 2.24) is 0 Å². The highest BCUT2D eigenvalue weighted by Crippen LogP contribution is 2.29. The lowest BCUT2D eigenvalue weighted by molar-refractivity contribution is 0.409. The molecule has 0 spiro atoms. The Labute approximate surface area is 89.4 Å². The van der Waals surface area contributed by atoms with Crippen LogP contribution in [0.15, 0.2) is 37.0 Å². The third-order valence-electron chi connectivity index (χ3n) is 2.58. The second-order valence-electron chi connectivity index (χ2n) is 3.50. The minimum absolute atomic E-state index is 0.745. The van der Waals surface area contributed by atoms with Crippen LogP contribution in [0.25, 0.3) is 0 Å². The summed E-state index contributed by atoms with van der Waals surface area (Å²) in [5, 5.41) is 0. The average Bonchev–Trinajstić information content (AvgIpc) is 2.30. The Bertz CT molecular complexity index is 180. The molecular formula is C14H24. The molecule has 1 aliphatic rings. The molecule has 0 heterocycles. The quantitative estimate of drug-likeness (QED) is 0.558. The summed E-state index contributed by atoms with van der Waals surface area (Å²) in [6.07, 6.45) is 12.7. The van der Waals surface area contributed by atoms with E-state index in [4.69, 9.17) is 0 Å². The molecule has 0 radical (unpaired) electrons. The number of hydrogen-bond donors (Lipinski definition) is 0. The van der Waals surface area contributed by atoms with Crippen molar-refractivity contribution >= 4 is 0 Å². The first kappa shape index (κ1) is 13.2. The summed E-state index contributed by atoms with van der Waals surface area (Å²) in [6, 6.07) is 0. The number of rotatable bonds is 3. The van der Waals surface area contributed by atoms with Crippen molar-refractivity contribution in [3.63, 3.8) is 0 Å².